The maximum atomic E-state index is 12.9. The van der Waals surface area contributed by atoms with Crippen molar-refractivity contribution < 1.29 is 28.5 Å². The lowest BCUT2D eigenvalue weighted by molar-refractivity contribution is -0.122. The molecule has 4 rings (SSSR count). The number of hydrogen-bond acceptors (Lipinski definition) is 8. The second-order valence-electron chi connectivity index (χ2n) is 7.25. The third kappa shape index (κ3) is 4.29. The van der Waals surface area contributed by atoms with Crippen LogP contribution in [0.4, 0.5) is 10.8 Å². The Hall–Kier alpha value is -3.79. The summed E-state index contributed by atoms with van der Waals surface area (Å²) >= 11 is 1.35. The number of benzene rings is 2. The minimum atomic E-state index is -0.540. The molecule has 2 amide bonds. The maximum Gasteiger partial charge on any atom is 0.265 e. The van der Waals surface area contributed by atoms with Crippen LogP contribution in [-0.2, 0) is 4.79 Å². The third-order valence-corrected chi connectivity index (χ3v) is 6.01. The van der Waals surface area contributed by atoms with Crippen molar-refractivity contribution in [2.24, 2.45) is 0 Å². The van der Waals surface area contributed by atoms with Gasteiger partial charge in [-0.3, -0.25) is 14.9 Å². The lowest BCUT2D eigenvalue weighted by Gasteiger charge is -2.23. The molecule has 0 fully saturated rings. The molecule has 0 radical (unpaired) electrons. The summed E-state index contributed by atoms with van der Waals surface area (Å²) < 4.78 is 21.6. The molecule has 2 N–H and O–H groups in total. The van der Waals surface area contributed by atoms with Crippen LogP contribution in [-0.4, -0.2) is 44.2 Å². The van der Waals surface area contributed by atoms with Gasteiger partial charge in [0.05, 0.1) is 32.7 Å². The van der Waals surface area contributed by atoms with Crippen LogP contribution in [0.5, 0.6) is 23.0 Å². The summed E-state index contributed by atoms with van der Waals surface area (Å²) in [5.74, 6) is 1.20. The summed E-state index contributed by atoms with van der Waals surface area (Å²) in [6, 6.07) is 8.63. The molecule has 0 spiro atoms. The van der Waals surface area contributed by atoms with Gasteiger partial charge in [0.25, 0.3) is 11.8 Å². The fraction of sp³-hybridized carbons (Fsp3) is 0.261. The Morgan fingerprint density at radius 3 is 2.45 bits per heavy atom. The summed E-state index contributed by atoms with van der Waals surface area (Å²) in [7, 11) is 4.48. The number of amides is 2. The Labute approximate surface area is 194 Å². The molecule has 172 valence electrons. The van der Waals surface area contributed by atoms with Gasteiger partial charge in [-0.15, -0.1) is 11.3 Å². The predicted molar refractivity (Wildman–Crippen MR) is 125 cm³/mol. The first-order valence-electron chi connectivity index (χ1n) is 10.0. The van der Waals surface area contributed by atoms with E-state index in [1.807, 2.05) is 19.1 Å². The molecular weight excluding hydrogens is 446 g/mol. The second kappa shape index (κ2) is 8.99. The van der Waals surface area contributed by atoms with E-state index in [4.69, 9.17) is 18.9 Å². The number of thiazole rings is 1. The van der Waals surface area contributed by atoms with E-state index in [2.05, 4.69) is 15.6 Å². The second-order valence-corrected chi connectivity index (χ2v) is 8.46. The minimum absolute atomic E-state index is 0.201. The van der Waals surface area contributed by atoms with Gasteiger partial charge in [-0.2, -0.15) is 0 Å². The smallest absolute Gasteiger partial charge is 0.265 e. The Kier molecular flexibility index (Phi) is 6.10. The van der Waals surface area contributed by atoms with Crippen LogP contribution in [0.2, 0.25) is 0 Å². The normalized spacial score (nSPS) is 14.6. The SMILES string of the molecule is COc1cc(C(=O)Nc2nc(-c3ccc4c(c3)NC(=O)[C@@H](C)O4)c(C)s2)cc(OC)c1OC. The first-order chi connectivity index (χ1) is 15.8. The molecule has 0 unspecified atom stereocenters. The van der Waals surface area contributed by atoms with Gasteiger partial charge in [-0.25, -0.2) is 4.98 Å². The topological polar surface area (TPSA) is 108 Å². The highest BCUT2D eigenvalue weighted by molar-refractivity contribution is 7.16. The molecule has 0 saturated carbocycles. The van der Waals surface area contributed by atoms with E-state index in [0.717, 1.165) is 10.4 Å². The molecule has 0 bridgehead atoms. The van der Waals surface area contributed by atoms with Crippen molar-refractivity contribution in [3.8, 4) is 34.3 Å². The van der Waals surface area contributed by atoms with Crippen molar-refractivity contribution in [1.29, 1.82) is 0 Å². The van der Waals surface area contributed by atoms with Crippen LogP contribution in [0.25, 0.3) is 11.3 Å². The summed E-state index contributed by atoms with van der Waals surface area (Å²) in [5.41, 5.74) is 2.43. The molecule has 1 aliphatic rings. The fourth-order valence-corrected chi connectivity index (χ4v) is 4.29. The van der Waals surface area contributed by atoms with E-state index in [1.54, 1.807) is 25.1 Å². The van der Waals surface area contributed by atoms with Gasteiger partial charge in [-0.1, -0.05) is 0 Å². The molecule has 1 aromatic heterocycles. The lowest BCUT2D eigenvalue weighted by Crippen LogP contribution is -2.34. The summed E-state index contributed by atoms with van der Waals surface area (Å²) in [6.45, 7) is 3.61. The van der Waals surface area contributed by atoms with E-state index in [-0.39, 0.29) is 11.8 Å². The fourth-order valence-electron chi connectivity index (χ4n) is 3.46. The third-order valence-electron chi connectivity index (χ3n) is 5.13. The van der Waals surface area contributed by atoms with E-state index < -0.39 is 6.10 Å². The number of hydrogen-bond donors (Lipinski definition) is 2. The molecule has 0 saturated heterocycles. The zero-order valence-electron chi connectivity index (χ0n) is 18.8. The molecule has 10 heteroatoms. The van der Waals surface area contributed by atoms with E-state index in [1.165, 1.54) is 32.7 Å². The van der Waals surface area contributed by atoms with E-state index >= 15 is 0 Å². The van der Waals surface area contributed by atoms with Gasteiger partial charge >= 0.3 is 0 Å². The van der Waals surface area contributed by atoms with Gasteiger partial charge in [-0.05, 0) is 44.2 Å². The molecule has 3 aromatic rings. The van der Waals surface area contributed by atoms with Crippen LogP contribution in [0.15, 0.2) is 30.3 Å². The van der Waals surface area contributed by atoms with Crippen LogP contribution in [0.1, 0.15) is 22.2 Å². The Morgan fingerprint density at radius 1 is 1.12 bits per heavy atom. The number of carbonyl (C=O) groups is 2. The molecule has 2 aromatic carbocycles. The number of aromatic nitrogens is 1. The van der Waals surface area contributed by atoms with E-state index in [9.17, 15) is 9.59 Å². The summed E-state index contributed by atoms with van der Waals surface area (Å²) in [4.78, 5) is 30.3. The zero-order valence-corrected chi connectivity index (χ0v) is 19.6. The standard InChI is InChI=1S/C23H23N3O6S/c1-11-21(27)24-15-8-13(6-7-16(15)32-11)19-12(2)33-23(25-19)26-22(28)14-9-17(29-3)20(31-5)18(10-14)30-4/h6-11H,1-5H3,(H,24,27)(H,25,26,28)/t11-/m1/s1. The van der Waals surface area contributed by atoms with Crippen LogP contribution in [0, 0.1) is 6.92 Å². The number of ether oxygens (including phenoxy) is 4. The minimum Gasteiger partial charge on any atom is -0.493 e. The monoisotopic (exact) mass is 469 g/mol. The highest BCUT2D eigenvalue weighted by Crippen LogP contribution is 2.39. The maximum absolute atomic E-state index is 12.9. The van der Waals surface area contributed by atoms with Gasteiger partial charge in [0.2, 0.25) is 5.75 Å². The lowest BCUT2D eigenvalue weighted by atomic mass is 10.1. The van der Waals surface area contributed by atoms with Crippen molar-refractivity contribution in [1.82, 2.24) is 4.98 Å². The molecule has 1 atom stereocenters. The largest absolute Gasteiger partial charge is 0.493 e. The molecule has 33 heavy (non-hydrogen) atoms. The number of rotatable bonds is 6. The van der Waals surface area contributed by atoms with Crippen molar-refractivity contribution in [3.63, 3.8) is 0 Å². The first kappa shape index (κ1) is 22.4. The summed E-state index contributed by atoms with van der Waals surface area (Å²) in [5, 5.41) is 6.10. The van der Waals surface area contributed by atoms with Crippen LogP contribution >= 0.6 is 11.3 Å². The van der Waals surface area contributed by atoms with Crippen molar-refractivity contribution in [2.75, 3.05) is 32.0 Å². The van der Waals surface area contributed by atoms with Crippen molar-refractivity contribution in [3.05, 3.63) is 40.8 Å². The number of fused-ring (bicyclic) bond motifs is 1. The van der Waals surface area contributed by atoms with Crippen LogP contribution in [0.3, 0.4) is 0 Å². The molecule has 1 aliphatic heterocycles. The molecule has 0 aliphatic carbocycles. The Balaban J connectivity index is 1.59. The molecule has 9 nitrogen and oxygen atoms in total. The Morgan fingerprint density at radius 2 is 1.82 bits per heavy atom. The zero-order chi connectivity index (χ0) is 23.7. The number of carbonyl (C=O) groups excluding carboxylic acids is 2. The number of nitrogens with one attached hydrogen (secondary N) is 2. The Bertz CT molecular complexity index is 1210. The highest BCUT2D eigenvalue weighted by Gasteiger charge is 2.24. The number of aryl methyl sites for hydroxylation is 1. The number of nitrogens with zero attached hydrogens (tertiary/aromatic N) is 1. The van der Waals surface area contributed by atoms with Gasteiger partial charge in [0, 0.05) is 16.0 Å². The average molecular weight is 470 g/mol. The van der Waals surface area contributed by atoms with Crippen molar-refractivity contribution >= 4 is 34.0 Å². The first-order valence-corrected chi connectivity index (χ1v) is 10.9. The van der Waals surface area contributed by atoms with E-state index in [0.29, 0.717) is 45.1 Å². The predicted octanol–water partition coefficient (Wildman–Crippen LogP) is 4.12. The van der Waals surface area contributed by atoms with Gasteiger partial charge < -0.3 is 24.3 Å². The molecular formula is C23H23N3O6S. The summed E-state index contributed by atoms with van der Waals surface area (Å²) in [6.07, 6.45) is -0.540. The van der Waals surface area contributed by atoms with Crippen molar-refractivity contribution in [2.45, 2.75) is 20.0 Å². The van der Waals surface area contributed by atoms with Gasteiger partial charge in [0.15, 0.2) is 22.7 Å². The number of anilines is 2. The number of methoxy groups -OCH3 is 3. The quantitative estimate of drug-likeness (QED) is 0.559. The average Bonchev–Trinajstić information content (AvgIpc) is 3.18. The van der Waals surface area contributed by atoms with Gasteiger partial charge in [0.1, 0.15) is 5.75 Å². The van der Waals surface area contributed by atoms with Crippen LogP contribution < -0.4 is 29.6 Å². The molecule has 2 heterocycles. The highest BCUT2D eigenvalue weighted by atomic mass is 32.1.